The normalized spacial score (nSPS) is 11.4. The van der Waals surface area contributed by atoms with Crippen molar-refractivity contribution in [1.82, 2.24) is 19.9 Å². The molecule has 8 nitrogen and oxygen atoms in total. The number of amides is 2. The molecule has 0 spiro atoms. The molecule has 8 aromatic rings. The van der Waals surface area contributed by atoms with Crippen LogP contribution in [-0.2, 0) is 0 Å². The number of benzene rings is 2. The van der Waals surface area contributed by atoms with E-state index >= 15 is 0 Å². The van der Waals surface area contributed by atoms with Gasteiger partial charge in [0.25, 0.3) is 11.8 Å². The van der Waals surface area contributed by atoms with E-state index in [9.17, 15) is 9.59 Å². The Hall–Kier alpha value is -4.18. The van der Waals surface area contributed by atoms with Crippen LogP contribution in [0.5, 0.6) is 0 Å². The van der Waals surface area contributed by atoms with Crippen molar-refractivity contribution in [1.29, 1.82) is 0 Å². The Bertz CT molecular complexity index is 2090. The third kappa shape index (κ3) is 5.36. The largest absolute Gasteiger partial charge is 0.297 e. The van der Waals surface area contributed by atoms with Gasteiger partial charge in [0.05, 0.1) is 39.9 Å². The van der Waals surface area contributed by atoms with Crippen LogP contribution in [0.2, 0.25) is 0 Å². The molecule has 2 aromatic carbocycles. The number of hydrogen-bond donors (Lipinski definition) is 2. The molecule has 0 unspecified atom stereocenters. The second kappa shape index (κ2) is 11.4. The predicted molar refractivity (Wildman–Crippen MR) is 185 cm³/mol. The zero-order chi connectivity index (χ0) is 29.6. The van der Waals surface area contributed by atoms with Gasteiger partial charge in [-0.15, -0.1) is 68.0 Å². The predicted octanol–water partition coefficient (Wildman–Crippen LogP) is 9.45. The molecule has 0 aliphatic rings. The third-order valence-electron chi connectivity index (χ3n) is 6.38. The molecule has 6 heterocycles. The molecule has 0 saturated heterocycles. The molecule has 44 heavy (non-hydrogen) atoms. The molecule has 2 amide bonds. The maximum absolute atomic E-state index is 13.0. The molecule has 0 fully saturated rings. The molecule has 2 N–H and O–H groups in total. The van der Waals surface area contributed by atoms with E-state index in [1.54, 1.807) is 34.8 Å². The Morgan fingerprint density at radius 1 is 0.523 bits per heavy atom. The van der Waals surface area contributed by atoms with Gasteiger partial charge in [-0.1, -0.05) is 24.3 Å². The molecule has 14 heteroatoms. The minimum atomic E-state index is -0.226. The lowest BCUT2D eigenvalue weighted by Gasteiger charge is -1.98. The van der Waals surface area contributed by atoms with Crippen LogP contribution in [0.1, 0.15) is 19.3 Å². The van der Waals surface area contributed by atoms with E-state index in [1.807, 2.05) is 71.4 Å². The molecular weight excluding hydrogens is 669 g/mol. The van der Waals surface area contributed by atoms with E-state index in [0.29, 0.717) is 31.4 Å². The number of rotatable bonds is 7. The van der Waals surface area contributed by atoms with Crippen LogP contribution >= 0.6 is 68.0 Å². The summed E-state index contributed by atoms with van der Waals surface area (Å²) in [6.07, 6.45) is 0. The van der Waals surface area contributed by atoms with E-state index in [0.717, 1.165) is 40.2 Å². The Morgan fingerprint density at radius 2 is 0.977 bits per heavy atom. The van der Waals surface area contributed by atoms with Crippen LogP contribution in [0.4, 0.5) is 10.3 Å². The van der Waals surface area contributed by atoms with Gasteiger partial charge in [-0.05, 0) is 48.5 Å². The Morgan fingerprint density at radius 3 is 1.43 bits per heavy atom. The van der Waals surface area contributed by atoms with E-state index < -0.39 is 0 Å². The lowest BCUT2D eigenvalue weighted by molar-refractivity contribution is 0.102. The average Bonchev–Trinajstić information content (AvgIpc) is 3.86. The second-order valence-electron chi connectivity index (χ2n) is 9.29. The number of thiophene rings is 2. The van der Waals surface area contributed by atoms with Crippen molar-refractivity contribution in [3.63, 3.8) is 0 Å². The van der Waals surface area contributed by atoms with Crippen LogP contribution in [0.25, 0.3) is 51.6 Å². The van der Waals surface area contributed by atoms with Crippen molar-refractivity contribution < 1.29 is 9.59 Å². The highest BCUT2D eigenvalue weighted by Crippen LogP contribution is 2.36. The van der Waals surface area contributed by atoms with Crippen molar-refractivity contribution in [3.8, 4) is 31.2 Å². The van der Waals surface area contributed by atoms with Gasteiger partial charge < -0.3 is 0 Å². The fourth-order valence-corrected chi connectivity index (χ4v) is 9.56. The van der Waals surface area contributed by atoms with Crippen LogP contribution < -0.4 is 10.6 Å². The van der Waals surface area contributed by atoms with Gasteiger partial charge in [0.1, 0.15) is 21.4 Å². The first kappa shape index (κ1) is 27.4. The molecule has 0 aliphatic carbocycles. The summed E-state index contributed by atoms with van der Waals surface area (Å²) in [5, 5.41) is 12.2. The summed E-state index contributed by atoms with van der Waals surface area (Å²) in [5.74, 6) is -0.452. The summed E-state index contributed by atoms with van der Waals surface area (Å²) in [6.45, 7) is 0. The highest BCUT2D eigenvalue weighted by atomic mass is 32.1. The van der Waals surface area contributed by atoms with Gasteiger partial charge in [0.2, 0.25) is 0 Å². The van der Waals surface area contributed by atoms with E-state index in [-0.39, 0.29) is 11.8 Å². The van der Waals surface area contributed by atoms with Gasteiger partial charge in [-0.25, -0.2) is 19.9 Å². The molecule has 0 aliphatic heterocycles. The SMILES string of the molecule is O=C(Nc1nc(-c2csc(NC(=O)c3ccc(-c4nc5ccccc5s4)s3)n2)cs1)c1ccc(-c2nc3ccccc3s2)s1. The number of fused-ring (bicyclic) bond motifs is 2. The maximum atomic E-state index is 13.0. The fraction of sp³-hybridized carbons (Fsp3) is 0. The maximum Gasteiger partial charge on any atom is 0.267 e. The van der Waals surface area contributed by atoms with Crippen molar-refractivity contribution in [2.75, 3.05) is 10.6 Å². The van der Waals surface area contributed by atoms with E-state index in [4.69, 9.17) is 0 Å². The lowest BCUT2D eigenvalue weighted by Crippen LogP contribution is -2.10. The molecule has 8 rings (SSSR count). The first-order chi connectivity index (χ1) is 21.6. The molecule has 0 radical (unpaired) electrons. The van der Waals surface area contributed by atoms with Crippen LogP contribution in [0.3, 0.4) is 0 Å². The Kier molecular flexibility index (Phi) is 7.09. The highest BCUT2D eigenvalue weighted by molar-refractivity contribution is 7.27. The van der Waals surface area contributed by atoms with Crippen molar-refractivity contribution in [2.45, 2.75) is 0 Å². The zero-order valence-electron chi connectivity index (χ0n) is 22.1. The first-order valence-corrected chi connectivity index (χ1v) is 18.0. The number of para-hydroxylation sites is 2. The van der Waals surface area contributed by atoms with Gasteiger partial charge in [-0.3, -0.25) is 20.2 Å². The molecule has 6 aromatic heterocycles. The number of nitrogens with zero attached hydrogens (tertiary/aromatic N) is 4. The molecule has 0 bridgehead atoms. The summed E-state index contributed by atoms with van der Waals surface area (Å²) >= 11 is 8.66. The fourth-order valence-electron chi connectivity index (χ4n) is 4.32. The number of thiazole rings is 4. The number of anilines is 2. The smallest absolute Gasteiger partial charge is 0.267 e. The monoisotopic (exact) mass is 684 g/mol. The Labute approximate surface area is 273 Å². The van der Waals surface area contributed by atoms with Crippen molar-refractivity contribution in [3.05, 3.63) is 93.3 Å². The second-order valence-corrected chi connectivity index (χ2v) is 15.2. The number of carbonyl (C=O) groups excluding carboxylic acids is 2. The summed E-state index contributed by atoms with van der Waals surface area (Å²) < 4.78 is 2.23. The summed E-state index contributed by atoms with van der Waals surface area (Å²) in [7, 11) is 0. The van der Waals surface area contributed by atoms with Gasteiger partial charge >= 0.3 is 0 Å². The Balaban J connectivity index is 0.915. The quantitative estimate of drug-likeness (QED) is 0.173. The van der Waals surface area contributed by atoms with E-state index in [1.165, 1.54) is 45.3 Å². The number of aromatic nitrogens is 4. The summed E-state index contributed by atoms with van der Waals surface area (Å²) in [6, 6.07) is 23.4. The topological polar surface area (TPSA) is 110 Å². The number of hydrogen-bond acceptors (Lipinski definition) is 12. The van der Waals surface area contributed by atoms with E-state index in [2.05, 4.69) is 30.6 Å². The van der Waals surface area contributed by atoms with Crippen LogP contribution in [0, 0.1) is 0 Å². The standard InChI is InChI=1S/C30H16N6O2S6/c37-25(21-9-11-23(41-21)27-31-15-5-1-3-7-19(15)43-27)35-29-33-17(13-39-29)18-14-40-30(34-18)36-26(38)22-10-12-24(42-22)28-32-16-6-2-4-8-20(16)44-28/h1-14H,(H,33,35,37)(H,34,36,38). The van der Waals surface area contributed by atoms with Crippen molar-refractivity contribution in [2.24, 2.45) is 0 Å². The van der Waals surface area contributed by atoms with Crippen molar-refractivity contribution >= 4 is 111 Å². The molecule has 214 valence electrons. The van der Waals surface area contributed by atoms with Crippen LogP contribution in [0.15, 0.2) is 83.6 Å². The highest BCUT2D eigenvalue weighted by Gasteiger charge is 2.18. The average molecular weight is 685 g/mol. The van der Waals surface area contributed by atoms with Gasteiger partial charge in [-0.2, -0.15) is 0 Å². The third-order valence-corrected chi connectivity index (χ3v) is 12.5. The van der Waals surface area contributed by atoms with Crippen LogP contribution in [-0.4, -0.2) is 31.8 Å². The first-order valence-electron chi connectivity index (χ1n) is 13.0. The number of nitrogens with one attached hydrogen (secondary N) is 2. The lowest BCUT2D eigenvalue weighted by atomic mass is 10.3. The molecular formula is C30H16N6O2S6. The molecule has 0 saturated carbocycles. The molecule has 0 atom stereocenters. The zero-order valence-corrected chi connectivity index (χ0v) is 27.0. The van der Waals surface area contributed by atoms with Gasteiger partial charge in [0, 0.05) is 10.8 Å². The summed E-state index contributed by atoms with van der Waals surface area (Å²) in [5.41, 5.74) is 3.15. The number of carbonyl (C=O) groups is 2. The minimum absolute atomic E-state index is 0.226. The minimum Gasteiger partial charge on any atom is -0.297 e. The summed E-state index contributed by atoms with van der Waals surface area (Å²) in [4.78, 5) is 47.5. The van der Waals surface area contributed by atoms with Gasteiger partial charge in [0.15, 0.2) is 10.3 Å².